The van der Waals surface area contributed by atoms with Gasteiger partial charge in [0.05, 0.1) is 17.0 Å². The number of aromatic nitrogens is 3. The predicted molar refractivity (Wildman–Crippen MR) is 135 cm³/mol. The molecule has 3 atom stereocenters. The van der Waals surface area contributed by atoms with E-state index in [0.29, 0.717) is 56.5 Å². The van der Waals surface area contributed by atoms with Crippen molar-refractivity contribution < 1.29 is 22.7 Å². The number of thiophene rings is 1. The molecule has 1 saturated heterocycles. The lowest BCUT2D eigenvalue weighted by molar-refractivity contribution is -0.105. The average molecular weight is 536 g/mol. The molecule has 0 bridgehead atoms. The maximum Gasteiger partial charge on any atom is 0.276 e. The molecule has 1 aliphatic heterocycles. The van der Waals surface area contributed by atoms with Crippen LogP contribution < -0.4 is 21.7 Å². The lowest BCUT2D eigenvalue weighted by atomic mass is 9.91. The van der Waals surface area contributed by atoms with Crippen molar-refractivity contribution in [1.82, 2.24) is 20.3 Å². The quantitative estimate of drug-likeness (QED) is 0.439. The minimum absolute atomic E-state index is 0.0398. The maximum atomic E-state index is 15.2. The molecule has 0 saturated carbocycles. The Balaban J connectivity index is 1.29. The van der Waals surface area contributed by atoms with Crippen LogP contribution in [-0.4, -0.2) is 65.7 Å². The van der Waals surface area contributed by atoms with Crippen molar-refractivity contribution in [3.05, 3.63) is 40.0 Å². The fourth-order valence-electron chi connectivity index (χ4n) is 5.11. The smallest absolute Gasteiger partial charge is 0.276 e. The Bertz CT molecular complexity index is 1350. The van der Waals surface area contributed by atoms with E-state index in [1.54, 1.807) is 18.0 Å². The molecule has 198 valence electrons. The van der Waals surface area contributed by atoms with Gasteiger partial charge in [-0.05, 0) is 26.2 Å². The molecule has 5 rings (SSSR count). The maximum absolute atomic E-state index is 15.2. The molecule has 1 aliphatic carbocycles. The number of halogens is 3. The highest BCUT2D eigenvalue weighted by molar-refractivity contribution is 7.21. The van der Waals surface area contributed by atoms with Crippen LogP contribution in [0.3, 0.4) is 0 Å². The topological polar surface area (TPSA) is 132 Å². The molecule has 4 heterocycles. The van der Waals surface area contributed by atoms with Gasteiger partial charge in [-0.1, -0.05) is 0 Å². The first-order chi connectivity index (χ1) is 17.6. The molecule has 0 spiro atoms. The van der Waals surface area contributed by atoms with Crippen LogP contribution in [0.25, 0.3) is 10.2 Å². The minimum Gasteiger partial charge on any atom is -0.397 e. The van der Waals surface area contributed by atoms with Crippen LogP contribution in [0.4, 0.5) is 24.7 Å². The normalized spacial score (nSPS) is 21.9. The zero-order chi connectivity index (χ0) is 26.5. The molecule has 37 heavy (non-hydrogen) atoms. The fraction of sp³-hybridized carbons (Fsp3) is 0.500. The van der Waals surface area contributed by atoms with Crippen LogP contribution in [0.2, 0.25) is 0 Å². The summed E-state index contributed by atoms with van der Waals surface area (Å²) in [5, 5.41) is 3.58. The zero-order valence-electron chi connectivity index (χ0n) is 20.4. The van der Waals surface area contributed by atoms with Crippen molar-refractivity contribution in [3.63, 3.8) is 0 Å². The van der Waals surface area contributed by atoms with Gasteiger partial charge in [-0.15, -0.1) is 11.3 Å². The van der Waals surface area contributed by atoms with Crippen molar-refractivity contribution >= 4 is 39.0 Å². The number of fused-ring (bicyclic) bond motifs is 2. The van der Waals surface area contributed by atoms with Gasteiger partial charge in [0.25, 0.3) is 11.8 Å². The SMILES string of the molecule is COCC(F)(F)C1CN(c2cc(F)c3c(n2)CCC(NC(=O)c2sc4nc(C)ncc4c2N)C3)CC1N. The van der Waals surface area contributed by atoms with Crippen LogP contribution in [0.1, 0.15) is 33.2 Å². The second-order valence-corrected chi connectivity index (χ2v) is 10.7. The van der Waals surface area contributed by atoms with Gasteiger partial charge in [-0.25, -0.2) is 28.1 Å². The average Bonchev–Trinajstić information content (AvgIpc) is 3.39. The van der Waals surface area contributed by atoms with E-state index in [0.717, 1.165) is 0 Å². The highest BCUT2D eigenvalue weighted by atomic mass is 32.1. The Labute approximate surface area is 215 Å². The van der Waals surface area contributed by atoms with Crippen LogP contribution >= 0.6 is 11.3 Å². The lowest BCUT2D eigenvalue weighted by Gasteiger charge is -2.27. The molecule has 3 aromatic heterocycles. The molecule has 0 radical (unpaired) electrons. The number of alkyl halides is 2. The summed E-state index contributed by atoms with van der Waals surface area (Å²) in [6.07, 6.45) is 2.84. The molecular weight excluding hydrogens is 507 g/mol. The number of nitrogens with one attached hydrogen (secondary N) is 1. The van der Waals surface area contributed by atoms with Gasteiger partial charge in [0.2, 0.25) is 0 Å². The van der Waals surface area contributed by atoms with Crippen LogP contribution in [0.5, 0.6) is 0 Å². The monoisotopic (exact) mass is 535 g/mol. The molecule has 1 fully saturated rings. The van der Waals surface area contributed by atoms with Gasteiger partial charge >= 0.3 is 0 Å². The number of nitrogens with two attached hydrogens (primary N) is 2. The number of nitrogen functional groups attached to an aromatic ring is 1. The summed E-state index contributed by atoms with van der Waals surface area (Å²) in [5.41, 5.74) is 13.5. The Hall–Kier alpha value is -3.03. The van der Waals surface area contributed by atoms with Gasteiger partial charge < -0.3 is 26.4 Å². The van der Waals surface area contributed by atoms with Gasteiger partial charge in [0, 0.05) is 55.8 Å². The zero-order valence-corrected chi connectivity index (χ0v) is 21.2. The van der Waals surface area contributed by atoms with Crippen LogP contribution in [0, 0.1) is 18.7 Å². The fourth-order valence-corrected chi connectivity index (χ4v) is 6.13. The van der Waals surface area contributed by atoms with Crippen molar-refractivity contribution in [2.75, 3.05) is 37.4 Å². The highest BCUT2D eigenvalue weighted by Crippen LogP contribution is 2.36. The summed E-state index contributed by atoms with van der Waals surface area (Å²) in [5.74, 6) is -4.16. The van der Waals surface area contributed by atoms with Crippen molar-refractivity contribution in [2.45, 2.75) is 44.2 Å². The van der Waals surface area contributed by atoms with Crippen LogP contribution in [0.15, 0.2) is 12.3 Å². The number of carbonyl (C=O) groups excluding carboxylic acids is 1. The first kappa shape index (κ1) is 25.6. The minimum atomic E-state index is -3.09. The second kappa shape index (κ2) is 9.69. The van der Waals surface area contributed by atoms with Gasteiger partial charge in [0.15, 0.2) is 0 Å². The summed E-state index contributed by atoms with van der Waals surface area (Å²) >= 11 is 1.19. The number of anilines is 2. The third-order valence-electron chi connectivity index (χ3n) is 7.04. The Kier molecular flexibility index (Phi) is 6.71. The third kappa shape index (κ3) is 4.82. The summed E-state index contributed by atoms with van der Waals surface area (Å²) in [6, 6.07) is 0.163. The molecule has 9 nitrogen and oxygen atoms in total. The number of methoxy groups -OCH3 is 1. The number of hydrogen-bond donors (Lipinski definition) is 3. The molecule has 2 aliphatic rings. The van der Waals surface area contributed by atoms with Gasteiger partial charge in [-0.2, -0.15) is 0 Å². The van der Waals surface area contributed by atoms with Crippen molar-refractivity contribution in [3.8, 4) is 0 Å². The number of pyridine rings is 1. The molecule has 5 N–H and O–H groups in total. The van der Waals surface area contributed by atoms with Crippen LogP contribution in [-0.2, 0) is 17.6 Å². The summed E-state index contributed by atoms with van der Waals surface area (Å²) < 4.78 is 48.7. The largest absolute Gasteiger partial charge is 0.397 e. The number of ether oxygens (including phenoxy) is 1. The molecule has 3 aromatic rings. The van der Waals surface area contributed by atoms with Gasteiger partial charge in [-0.3, -0.25) is 4.79 Å². The molecular formula is C24H28F3N7O2S. The first-order valence-electron chi connectivity index (χ1n) is 12.0. The number of carbonyl (C=O) groups is 1. The molecule has 1 amide bonds. The van der Waals surface area contributed by atoms with E-state index in [4.69, 9.17) is 11.5 Å². The Morgan fingerprint density at radius 1 is 1.35 bits per heavy atom. The Morgan fingerprint density at radius 2 is 2.14 bits per heavy atom. The highest BCUT2D eigenvalue weighted by Gasteiger charge is 2.48. The number of aryl methyl sites for hydroxylation is 2. The molecule has 3 unspecified atom stereocenters. The first-order valence-corrected chi connectivity index (χ1v) is 12.8. The molecule has 0 aromatic carbocycles. The third-order valence-corrected chi connectivity index (χ3v) is 8.15. The van der Waals surface area contributed by atoms with Crippen molar-refractivity contribution in [2.24, 2.45) is 11.7 Å². The van der Waals surface area contributed by atoms with E-state index in [-0.39, 0.29) is 31.5 Å². The number of rotatable bonds is 6. The standard InChI is InChI=1S/C24H28F3N7O2S/c1-11-30-7-14-20(29)21(37-23(14)31-11)22(35)32-12-3-4-18-13(5-12)16(25)6-19(33-18)34-8-15(17(28)9-34)24(26,27)10-36-2/h6-7,12,15,17H,3-5,8-10,28-29H2,1-2H3,(H,32,35). The van der Waals surface area contributed by atoms with E-state index < -0.39 is 30.3 Å². The van der Waals surface area contributed by atoms with E-state index in [2.05, 4.69) is 25.0 Å². The summed E-state index contributed by atoms with van der Waals surface area (Å²) in [4.78, 5) is 28.6. The molecule has 13 heteroatoms. The predicted octanol–water partition coefficient (Wildman–Crippen LogP) is 2.45. The Morgan fingerprint density at radius 3 is 2.89 bits per heavy atom. The number of hydrogen-bond acceptors (Lipinski definition) is 9. The number of amides is 1. The summed E-state index contributed by atoms with van der Waals surface area (Å²) in [6.45, 7) is 1.14. The van der Waals surface area contributed by atoms with Crippen molar-refractivity contribution in [1.29, 1.82) is 0 Å². The second-order valence-electron chi connectivity index (χ2n) is 9.65. The van der Waals surface area contributed by atoms with E-state index >= 15 is 4.39 Å². The summed E-state index contributed by atoms with van der Waals surface area (Å²) in [7, 11) is 1.22. The van der Waals surface area contributed by atoms with E-state index in [1.165, 1.54) is 24.5 Å². The number of nitrogens with zero attached hydrogens (tertiary/aromatic N) is 4. The van der Waals surface area contributed by atoms with Gasteiger partial charge in [0.1, 0.15) is 33.8 Å². The van der Waals surface area contributed by atoms with E-state index in [1.807, 2.05) is 0 Å². The lowest BCUT2D eigenvalue weighted by Crippen LogP contribution is -2.43. The van der Waals surface area contributed by atoms with E-state index in [9.17, 15) is 13.6 Å².